The molecule has 0 N–H and O–H groups in total. The molecule has 1 amide bonds. The van der Waals surface area contributed by atoms with Crippen molar-refractivity contribution in [1.82, 2.24) is 9.47 Å². The second-order valence-corrected chi connectivity index (χ2v) is 7.72. The Hall–Kier alpha value is -3.08. The number of likely N-dealkylation sites (tertiary alicyclic amines) is 1. The lowest BCUT2D eigenvalue weighted by Crippen LogP contribution is -2.39. The third-order valence-corrected chi connectivity index (χ3v) is 5.80. The van der Waals surface area contributed by atoms with Gasteiger partial charge >= 0.3 is 5.97 Å². The van der Waals surface area contributed by atoms with Crippen LogP contribution >= 0.6 is 0 Å². The Morgan fingerprint density at radius 2 is 1.79 bits per heavy atom. The SMILES string of the molecule is COC(=O)CC1CCN(C(=O)c2ccc3ccn(Cc4ccccc4)c3c2)CC1. The molecule has 0 spiro atoms. The standard InChI is InChI=1S/C24H26N2O3/c1-29-23(27)15-18-9-12-25(13-10-18)24(28)21-8-7-20-11-14-26(22(20)16-21)17-19-5-3-2-4-6-19/h2-8,11,14,16,18H,9-10,12-13,15,17H2,1H3. The molecule has 2 aromatic carbocycles. The van der Waals surface area contributed by atoms with Crippen LogP contribution in [0, 0.1) is 5.92 Å². The summed E-state index contributed by atoms with van der Waals surface area (Å²) in [5, 5.41) is 1.13. The van der Waals surface area contributed by atoms with Gasteiger partial charge in [0.1, 0.15) is 0 Å². The zero-order valence-electron chi connectivity index (χ0n) is 16.7. The van der Waals surface area contributed by atoms with Gasteiger partial charge in [-0.15, -0.1) is 0 Å². The second-order valence-electron chi connectivity index (χ2n) is 7.72. The number of carbonyl (C=O) groups excluding carboxylic acids is 2. The summed E-state index contributed by atoms with van der Waals surface area (Å²) in [4.78, 5) is 26.4. The lowest BCUT2D eigenvalue weighted by atomic mass is 9.93. The lowest BCUT2D eigenvalue weighted by molar-refractivity contribution is -0.142. The first-order valence-corrected chi connectivity index (χ1v) is 10.1. The Bertz CT molecular complexity index is 1000. The van der Waals surface area contributed by atoms with E-state index < -0.39 is 0 Å². The third kappa shape index (κ3) is 4.34. The van der Waals surface area contributed by atoms with Crippen LogP contribution < -0.4 is 0 Å². The van der Waals surface area contributed by atoms with Gasteiger partial charge in [0.05, 0.1) is 7.11 Å². The number of piperidine rings is 1. The highest BCUT2D eigenvalue weighted by Gasteiger charge is 2.25. The first-order chi connectivity index (χ1) is 14.1. The maximum absolute atomic E-state index is 13.0. The molecule has 150 valence electrons. The molecular formula is C24H26N2O3. The summed E-state index contributed by atoms with van der Waals surface area (Å²) in [6.07, 6.45) is 4.20. The minimum absolute atomic E-state index is 0.0656. The van der Waals surface area contributed by atoms with E-state index in [1.807, 2.05) is 41.3 Å². The van der Waals surface area contributed by atoms with E-state index in [9.17, 15) is 9.59 Å². The molecule has 0 aliphatic carbocycles. The quantitative estimate of drug-likeness (QED) is 0.616. The summed E-state index contributed by atoms with van der Waals surface area (Å²) < 4.78 is 6.95. The highest BCUT2D eigenvalue weighted by Crippen LogP contribution is 2.24. The Balaban J connectivity index is 1.47. The molecule has 0 bridgehead atoms. The van der Waals surface area contributed by atoms with E-state index in [1.54, 1.807) is 0 Å². The first kappa shape index (κ1) is 19.2. The highest BCUT2D eigenvalue weighted by atomic mass is 16.5. The molecule has 1 aliphatic rings. The van der Waals surface area contributed by atoms with Crippen LogP contribution in [-0.2, 0) is 16.1 Å². The molecule has 29 heavy (non-hydrogen) atoms. The van der Waals surface area contributed by atoms with E-state index in [2.05, 4.69) is 29.0 Å². The molecule has 0 saturated carbocycles. The van der Waals surface area contributed by atoms with Crippen LogP contribution in [0.4, 0.5) is 0 Å². The fraction of sp³-hybridized carbons (Fsp3) is 0.333. The molecule has 0 radical (unpaired) electrons. The van der Waals surface area contributed by atoms with Crippen molar-refractivity contribution in [2.45, 2.75) is 25.8 Å². The smallest absolute Gasteiger partial charge is 0.305 e. The van der Waals surface area contributed by atoms with E-state index in [-0.39, 0.29) is 11.9 Å². The van der Waals surface area contributed by atoms with Gasteiger partial charge in [-0.3, -0.25) is 9.59 Å². The topological polar surface area (TPSA) is 51.5 Å². The molecule has 5 heteroatoms. The molecule has 5 nitrogen and oxygen atoms in total. The second kappa shape index (κ2) is 8.52. The van der Waals surface area contributed by atoms with Crippen molar-refractivity contribution in [2.75, 3.05) is 20.2 Å². The van der Waals surface area contributed by atoms with E-state index in [1.165, 1.54) is 12.7 Å². The third-order valence-electron chi connectivity index (χ3n) is 5.80. The molecule has 3 aromatic rings. The van der Waals surface area contributed by atoms with Gasteiger partial charge in [-0.25, -0.2) is 0 Å². The van der Waals surface area contributed by atoms with Crippen molar-refractivity contribution in [3.05, 3.63) is 71.9 Å². The molecule has 4 rings (SSSR count). The van der Waals surface area contributed by atoms with Crippen molar-refractivity contribution in [3.8, 4) is 0 Å². The number of fused-ring (bicyclic) bond motifs is 1. The van der Waals surface area contributed by atoms with Gasteiger partial charge in [0.15, 0.2) is 0 Å². The number of rotatable bonds is 5. The summed E-state index contributed by atoms with van der Waals surface area (Å²) in [5.74, 6) is 0.201. The monoisotopic (exact) mass is 390 g/mol. The number of aromatic nitrogens is 1. The number of nitrogens with zero attached hydrogens (tertiary/aromatic N) is 2. The van der Waals surface area contributed by atoms with Crippen LogP contribution in [0.3, 0.4) is 0 Å². The number of methoxy groups -OCH3 is 1. The molecule has 1 fully saturated rings. The summed E-state index contributed by atoms with van der Waals surface area (Å²) >= 11 is 0. The Morgan fingerprint density at radius 1 is 1.03 bits per heavy atom. The van der Waals surface area contributed by atoms with Crippen LogP contribution in [0.2, 0.25) is 0 Å². The molecule has 0 unspecified atom stereocenters. The Labute approximate surface area is 170 Å². The molecule has 1 saturated heterocycles. The molecule has 0 atom stereocenters. The van der Waals surface area contributed by atoms with Crippen molar-refractivity contribution in [2.24, 2.45) is 5.92 Å². The zero-order chi connectivity index (χ0) is 20.2. The van der Waals surface area contributed by atoms with Gasteiger partial charge in [-0.1, -0.05) is 36.4 Å². The first-order valence-electron chi connectivity index (χ1n) is 10.1. The van der Waals surface area contributed by atoms with Gasteiger partial charge in [-0.2, -0.15) is 0 Å². The van der Waals surface area contributed by atoms with Gasteiger partial charge in [-0.05, 0) is 47.9 Å². The van der Waals surface area contributed by atoms with Crippen LogP contribution in [-0.4, -0.2) is 41.5 Å². The van der Waals surface area contributed by atoms with Gasteiger partial charge in [0.2, 0.25) is 0 Å². The zero-order valence-corrected chi connectivity index (χ0v) is 16.7. The number of carbonyl (C=O) groups is 2. The number of esters is 1. The normalized spacial score (nSPS) is 14.9. The number of amides is 1. The molecule has 2 heterocycles. The van der Waals surface area contributed by atoms with Crippen LogP contribution in [0.25, 0.3) is 10.9 Å². The summed E-state index contributed by atoms with van der Waals surface area (Å²) in [6, 6.07) is 18.3. The van der Waals surface area contributed by atoms with E-state index in [0.29, 0.717) is 25.4 Å². The molecule has 1 aromatic heterocycles. The summed E-state index contributed by atoms with van der Waals surface area (Å²) in [5.41, 5.74) is 3.02. The lowest BCUT2D eigenvalue weighted by Gasteiger charge is -2.31. The molecular weight excluding hydrogens is 364 g/mol. The largest absolute Gasteiger partial charge is 0.469 e. The summed E-state index contributed by atoms with van der Waals surface area (Å²) in [6.45, 7) is 2.15. The van der Waals surface area contributed by atoms with Crippen molar-refractivity contribution in [1.29, 1.82) is 0 Å². The Kier molecular flexibility index (Phi) is 5.65. The van der Waals surface area contributed by atoms with Crippen LogP contribution in [0.5, 0.6) is 0 Å². The molecule has 1 aliphatic heterocycles. The average Bonchev–Trinajstić information content (AvgIpc) is 3.16. The predicted molar refractivity (Wildman–Crippen MR) is 113 cm³/mol. The van der Waals surface area contributed by atoms with Gasteiger partial charge in [0, 0.05) is 43.3 Å². The number of benzene rings is 2. The fourth-order valence-electron chi connectivity index (χ4n) is 4.08. The minimum atomic E-state index is -0.167. The van der Waals surface area contributed by atoms with E-state index in [4.69, 9.17) is 4.74 Å². The number of hydrogen-bond acceptors (Lipinski definition) is 3. The number of hydrogen-bond donors (Lipinski definition) is 0. The minimum Gasteiger partial charge on any atom is -0.469 e. The van der Waals surface area contributed by atoms with Crippen molar-refractivity contribution >= 4 is 22.8 Å². The highest BCUT2D eigenvalue weighted by molar-refractivity contribution is 5.98. The maximum Gasteiger partial charge on any atom is 0.305 e. The predicted octanol–water partition coefficient (Wildman–Crippen LogP) is 4.10. The van der Waals surface area contributed by atoms with Crippen LogP contribution in [0.15, 0.2) is 60.8 Å². The maximum atomic E-state index is 13.0. The Morgan fingerprint density at radius 3 is 2.52 bits per heavy atom. The van der Waals surface area contributed by atoms with E-state index in [0.717, 1.165) is 35.9 Å². The van der Waals surface area contributed by atoms with Gasteiger partial charge < -0.3 is 14.2 Å². The summed E-state index contributed by atoms with van der Waals surface area (Å²) in [7, 11) is 1.42. The van der Waals surface area contributed by atoms with Gasteiger partial charge in [0.25, 0.3) is 5.91 Å². The average molecular weight is 390 g/mol. The number of ether oxygens (including phenoxy) is 1. The van der Waals surface area contributed by atoms with E-state index >= 15 is 0 Å². The van der Waals surface area contributed by atoms with Crippen molar-refractivity contribution in [3.63, 3.8) is 0 Å². The van der Waals surface area contributed by atoms with Crippen molar-refractivity contribution < 1.29 is 14.3 Å². The van der Waals surface area contributed by atoms with Crippen LogP contribution in [0.1, 0.15) is 35.2 Å². The fourth-order valence-corrected chi connectivity index (χ4v) is 4.08.